The van der Waals surface area contributed by atoms with Gasteiger partial charge in [0.2, 0.25) is 0 Å². The molecule has 1 unspecified atom stereocenters. The van der Waals surface area contributed by atoms with Crippen molar-refractivity contribution in [2.24, 2.45) is 7.05 Å². The van der Waals surface area contributed by atoms with Crippen molar-refractivity contribution in [2.45, 2.75) is 6.04 Å². The molecule has 0 radical (unpaired) electrons. The van der Waals surface area contributed by atoms with Gasteiger partial charge in [0.15, 0.2) is 0 Å². The van der Waals surface area contributed by atoms with Crippen molar-refractivity contribution < 1.29 is 9.63 Å². The van der Waals surface area contributed by atoms with Gasteiger partial charge >= 0.3 is 6.03 Å². The first-order chi connectivity index (χ1) is 10.1. The van der Waals surface area contributed by atoms with E-state index in [1.165, 1.54) is 15.8 Å². The lowest BCUT2D eigenvalue weighted by Gasteiger charge is -2.24. The lowest BCUT2D eigenvalue weighted by molar-refractivity contribution is -0.105. The molecule has 2 bridgehead atoms. The van der Waals surface area contributed by atoms with Crippen LogP contribution in [0.5, 0.6) is 0 Å². The summed E-state index contributed by atoms with van der Waals surface area (Å²) < 4.78 is 1.29. The minimum Gasteiger partial charge on any atom is -0.317 e. The number of hydrogen-bond acceptors (Lipinski definition) is 4. The third kappa shape index (κ3) is 2.25. The number of aryl methyl sites for hydroxylation is 1. The van der Waals surface area contributed by atoms with Crippen molar-refractivity contribution in [3.8, 4) is 0 Å². The molecule has 2 aliphatic heterocycles. The zero-order valence-electron chi connectivity index (χ0n) is 11.7. The average Bonchev–Trinajstić information content (AvgIpc) is 2.72. The average molecular weight is 288 g/mol. The highest BCUT2D eigenvalue weighted by molar-refractivity contribution is 5.84. The highest BCUT2D eigenvalue weighted by Gasteiger charge is 2.43. The van der Waals surface area contributed by atoms with Crippen LogP contribution in [0.25, 0.3) is 5.57 Å². The number of nitrogens with zero attached hydrogens (tertiary/aromatic N) is 4. The molecule has 2 aliphatic rings. The van der Waals surface area contributed by atoms with Gasteiger partial charge in [-0.05, 0) is 6.07 Å². The van der Waals surface area contributed by atoms with Gasteiger partial charge in [0.25, 0.3) is 5.56 Å². The molecule has 7 heteroatoms. The molecule has 1 atom stereocenters. The predicted molar refractivity (Wildman–Crippen MR) is 76.2 cm³/mol. The zero-order valence-corrected chi connectivity index (χ0v) is 11.7. The number of amides is 2. The fraction of sp³-hybridized carbons (Fsp3) is 0.357. The molecule has 0 aliphatic carbocycles. The first-order valence-corrected chi connectivity index (χ1v) is 6.68. The molecule has 3 rings (SSSR count). The second-order valence-electron chi connectivity index (χ2n) is 4.95. The van der Waals surface area contributed by atoms with Crippen LogP contribution >= 0.6 is 0 Å². The standard InChI is InChI=1S/C14H16N4O3/c1-3-8-21-18-12-9-17(14(18)20)7-6-10(12)11-4-5-13(19)16(2)15-11/h3-6,12H,1,7-9H2,2H3. The number of carbonyl (C=O) groups excluding carboxylic acids is 1. The summed E-state index contributed by atoms with van der Waals surface area (Å²) in [6.07, 6.45) is 3.55. The van der Waals surface area contributed by atoms with Crippen LogP contribution in [-0.4, -0.2) is 51.5 Å². The van der Waals surface area contributed by atoms with Crippen LogP contribution in [0.2, 0.25) is 0 Å². The molecule has 7 nitrogen and oxygen atoms in total. The molecule has 0 N–H and O–H groups in total. The number of rotatable bonds is 4. The van der Waals surface area contributed by atoms with Gasteiger partial charge in [0, 0.05) is 25.2 Å². The van der Waals surface area contributed by atoms with Gasteiger partial charge in [-0.3, -0.25) is 9.63 Å². The van der Waals surface area contributed by atoms with E-state index in [0.717, 1.165) is 5.57 Å². The molecule has 0 spiro atoms. The molecular formula is C14H16N4O3. The van der Waals surface area contributed by atoms with E-state index in [9.17, 15) is 9.59 Å². The van der Waals surface area contributed by atoms with E-state index in [1.54, 1.807) is 24.1 Å². The quantitative estimate of drug-likeness (QED) is 0.752. The molecule has 0 aromatic carbocycles. The highest BCUT2D eigenvalue weighted by atomic mass is 16.7. The summed E-state index contributed by atoms with van der Waals surface area (Å²) in [5.74, 6) is 0. The zero-order chi connectivity index (χ0) is 15.0. The van der Waals surface area contributed by atoms with E-state index in [4.69, 9.17) is 4.84 Å². The number of hydrogen-bond donors (Lipinski definition) is 0. The topological polar surface area (TPSA) is 67.7 Å². The van der Waals surface area contributed by atoms with Crippen LogP contribution in [0.15, 0.2) is 35.7 Å². The molecule has 1 saturated heterocycles. The lowest BCUT2D eigenvalue weighted by atomic mass is 10.0. The van der Waals surface area contributed by atoms with E-state index in [2.05, 4.69) is 11.7 Å². The van der Waals surface area contributed by atoms with E-state index in [1.807, 2.05) is 6.08 Å². The third-order valence-electron chi connectivity index (χ3n) is 3.61. The second-order valence-corrected chi connectivity index (χ2v) is 4.95. The molecule has 2 amide bonds. The Morgan fingerprint density at radius 3 is 3.00 bits per heavy atom. The Morgan fingerprint density at radius 1 is 1.48 bits per heavy atom. The number of urea groups is 1. The molecule has 1 fully saturated rings. The number of aromatic nitrogens is 2. The first-order valence-electron chi connectivity index (χ1n) is 6.68. The summed E-state index contributed by atoms with van der Waals surface area (Å²) in [6, 6.07) is 2.79. The van der Waals surface area contributed by atoms with Gasteiger partial charge in [-0.25, -0.2) is 9.48 Å². The van der Waals surface area contributed by atoms with Crippen molar-refractivity contribution in [2.75, 3.05) is 19.7 Å². The van der Waals surface area contributed by atoms with Crippen molar-refractivity contribution in [3.63, 3.8) is 0 Å². The predicted octanol–water partition coefficient (Wildman–Crippen LogP) is 0.401. The fourth-order valence-electron chi connectivity index (χ4n) is 2.57. The third-order valence-corrected chi connectivity index (χ3v) is 3.61. The Kier molecular flexibility index (Phi) is 3.34. The van der Waals surface area contributed by atoms with Gasteiger partial charge in [-0.1, -0.05) is 12.2 Å². The van der Waals surface area contributed by atoms with Gasteiger partial charge in [-0.2, -0.15) is 10.2 Å². The Bertz CT molecular complexity index is 679. The number of fused-ring (bicyclic) bond motifs is 2. The summed E-state index contributed by atoms with van der Waals surface area (Å²) >= 11 is 0. The summed E-state index contributed by atoms with van der Waals surface area (Å²) in [7, 11) is 1.60. The lowest BCUT2D eigenvalue weighted by Crippen LogP contribution is -2.35. The summed E-state index contributed by atoms with van der Waals surface area (Å²) in [5, 5.41) is 5.62. The summed E-state index contributed by atoms with van der Waals surface area (Å²) in [6.45, 7) is 4.94. The van der Waals surface area contributed by atoms with Crippen LogP contribution in [0.3, 0.4) is 0 Å². The maximum atomic E-state index is 12.2. The second kappa shape index (κ2) is 5.17. The monoisotopic (exact) mass is 288 g/mol. The molecule has 21 heavy (non-hydrogen) atoms. The SMILES string of the molecule is C=CCON1C(=O)N2CC=C(c3ccc(=O)n(C)n3)C1C2. The van der Waals surface area contributed by atoms with E-state index in [0.29, 0.717) is 18.8 Å². The largest absolute Gasteiger partial charge is 0.344 e. The van der Waals surface area contributed by atoms with Gasteiger partial charge in [0.05, 0.1) is 18.8 Å². The molecule has 1 aromatic rings. The molecule has 110 valence electrons. The molecule has 1 aromatic heterocycles. The van der Waals surface area contributed by atoms with Crippen molar-refractivity contribution >= 4 is 11.6 Å². The first kappa shape index (κ1) is 13.6. The summed E-state index contributed by atoms with van der Waals surface area (Å²) in [4.78, 5) is 30.8. The van der Waals surface area contributed by atoms with Crippen LogP contribution in [-0.2, 0) is 11.9 Å². The van der Waals surface area contributed by atoms with E-state index >= 15 is 0 Å². The number of carbonyl (C=O) groups is 1. The van der Waals surface area contributed by atoms with E-state index < -0.39 is 0 Å². The summed E-state index contributed by atoms with van der Waals surface area (Å²) in [5.41, 5.74) is 1.42. The Labute approximate surface area is 121 Å². The van der Waals surface area contributed by atoms with Crippen LogP contribution in [0, 0.1) is 0 Å². The Hall–Kier alpha value is -2.41. The number of hydroxylamine groups is 2. The highest BCUT2D eigenvalue weighted by Crippen LogP contribution is 2.31. The smallest absolute Gasteiger partial charge is 0.317 e. The molecular weight excluding hydrogens is 272 g/mol. The maximum absolute atomic E-state index is 12.2. The van der Waals surface area contributed by atoms with Crippen LogP contribution < -0.4 is 5.56 Å². The van der Waals surface area contributed by atoms with Crippen molar-refractivity contribution in [1.29, 1.82) is 0 Å². The van der Waals surface area contributed by atoms with Crippen LogP contribution in [0.4, 0.5) is 4.79 Å². The minimum atomic E-state index is -0.212. The molecule has 3 heterocycles. The fourth-order valence-corrected chi connectivity index (χ4v) is 2.57. The maximum Gasteiger partial charge on any atom is 0.344 e. The molecule has 0 saturated carbocycles. The Balaban J connectivity index is 1.94. The van der Waals surface area contributed by atoms with E-state index in [-0.39, 0.29) is 24.2 Å². The Morgan fingerprint density at radius 2 is 2.29 bits per heavy atom. The van der Waals surface area contributed by atoms with Gasteiger partial charge < -0.3 is 4.90 Å². The normalized spacial score (nSPS) is 20.7. The van der Waals surface area contributed by atoms with Gasteiger partial charge in [0.1, 0.15) is 6.04 Å². The van der Waals surface area contributed by atoms with Crippen molar-refractivity contribution in [3.05, 3.63) is 46.9 Å². The van der Waals surface area contributed by atoms with Crippen molar-refractivity contribution in [1.82, 2.24) is 19.7 Å². The van der Waals surface area contributed by atoms with Gasteiger partial charge in [-0.15, -0.1) is 6.58 Å². The minimum absolute atomic E-state index is 0.155. The van der Waals surface area contributed by atoms with Crippen LogP contribution in [0.1, 0.15) is 5.69 Å².